The smallest absolute Gasteiger partial charge is 0.282 e. The Bertz CT molecular complexity index is 1250. The average Bonchev–Trinajstić information content (AvgIpc) is 3.51. The maximum atomic E-state index is 13.6. The number of hydrogen-bond acceptors (Lipinski definition) is 5. The van der Waals surface area contributed by atoms with Crippen molar-refractivity contribution < 1.29 is 14.3 Å². The van der Waals surface area contributed by atoms with Crippen LogP contribution >= 0.6 is 0 Å². The highest BCUT2D eigenvalue weighted by molar-refractivity contribution is 6.46. The molecule has 0 aromatic heterocycles. The largest absolute Gasteiger partial charge is 0.494 e. The van der Waals surface area contributed by atoms with Gasteiger partial charge in [-0.15, -0.1) is 0 Å². The maximum absolute atomic E-state index is 13.6. The first kappa shape index (κ1) is 22.7. The number of imide groups is 1. The minimum absolute atomic E-state index is 0.273. The SMILES string of the molecule is CCCOc1cccc(N2C(=O)C(Nc3ccc(N4CCCC4)cc3)=C(c3ccccc3)C2=O)c1. The normalized spacial score (nSPS) is 15.8. The average molecular weight is 468 g/mol. The van der Waals surface area contributed by atoms with E-state index in [0.29, 0.717) is 29.2 Å². The van der Waals surface area contributed by atoms with Crippen molar-refractivity contribution >= 4 is 34.4 Å². The van der Waals surface area contributed by atoms with Crippen LogP contribution in [0, 0.1) is 0 Å². The van der Waals surface area contributed by atoms with Gasteiger partial charge in [0.2, 0.25) is 0 Å². The van der Waals surface area contributed by atoms with Crippen LogP contribution in [0.2, 0.25) is 0 Å². The number of carbonyl (C=O) groups is 2. The summed E-state index contributed by atoms with van der Waals surface area (Å²) in [5, 5.41) is 3.25. The number of anilines is 3. The van der Waals surface area contributed by atoms with Crippen LogP contribution in [0.15, 0.2) is 84.6 Å². The molecule has 0 bridgehead atoms. The second kappa shape index (κ2) is 10.1. The fourth-order valence-corrected chi connectivity index (χ4v) is 4.56. The van der Waals surface area contributed by atoms with Gasteiger partial charge in [-0.05, 0) is 61.2 Å². The van der Waals surface area contributed by atoms with Crippen molar-refractivity contribution in [3.05, 3.63) is 90.1 Å². The third kappa shape index (κ3) is 4.64. The highest BCUT2D eigenvalue weighted by atomic mass is 16.5. The highest BCUT2D eigenvalue weighted by Crippen LogP contribution is 2.35. The first-order valence-electron chi connectivity index (χ1n) is 12.2. The second-order valence-electron chi connectivity index (χ2n) is 8.77. The lowest BCUT2D eigenvalue weighted by molar-refractivity contribution is -0.120. The Morgan fingerprint density at radius 3 is 2.29 bits per heavy atom. The van der Waals surface area contributed by atoms with Gasteiger partial charge in [0, 0.05) is 30.5 Å². The summed E-state index contributed by atoms with van der Waals surface area (Å²) in [5.41, 5.74) is 3.75. The van der Waals surface area contributed by atoms with Crippen LogP contribution in [0.3, 0.4) is 0 Å². The Hall–Kier alpha value is -4.06. The molecule has 3 aromatic carbocycles. The van der Waals surface area contributed by atoms with Crippen LogP contribution in [-0.4, -0.2) is 31.5 Å². The van der Waals surface area contributed by atoms with E-state index >= 15 is 0 Å². The molecule has 0 atom stereocenters. The molecule has 6 nitrogen and oxygen atoms in total. The number of nitrogens with zero attached hydrogens (tertiary/aromatic N) is 2. The summed E-state index contributed by atoms with van der Waals surface area (Å²) < 4.78 is 5.73. The molecule has 0 aliphatic carbocycles. The van der Waals surface area contributed by atoms with E-state index in [4.69, 9.17) is 4.74 Å². The molecule has 0 unspecified atom stereocenters. The lowest BCUT2D eigenvalue weighted by Gasteiger charge is -2.18. The van der Waals surface area contributed by atoms with E-state index in [2.05, 4.69) is 22.3 Å². The minimum atomic E-state index is -0.384. The van der Waals surface area contributed by atoms with Gasteiger partial charge in [0.15, 0.2) is 0 Å². The van der Waals surface area contributed by atoms with Crippen molar-refractivity contribution in [1.82, 2.24) is 0 Å². The summed E-state index contributed by atoms with van der Waals surface area (Å²) in [6, 6.07) is 24.5. The van der Waals surface area contributed by atoms with Crippen LogP contribution in [0.25, 0.3) is 5.57 Å². The number of ether oxygens (including phenoxy) is 1. The van der Waals surface area contributed by atoms with E-state index in [0.717, 1.165) is 25.2 Å². The summed E-state index contributed by atoms with van der Waals surface area (Å²) in [4.78, 5) is 30.9. The number of nitrogens with one attached hydrogen (secondary N) is 1. The van der Waals surface area contributed by atoms with Gasteiger partial charge in [-0.25, -0.2) is 4.90 Å². The zero-order valence-electron chi connectivity index (χ0n) is 19.9. The molecule has 178 valence electrons. The first-order valence-corrected chi connectivity index (χ1v) is 12.2. The molecule has 35 heavy (non-hydrogen) atoms. The lowest BCUT2D eigenvalue weighted by Crippen LogP contribution is -2.32. The van der Waals surface area contributed by atoms with Crippen molar-refractivity contribution in [2.75, 3.05) is 34.8 Å². The topological polar surface area (TPSA) is 61.9 Å². The summed E-state index contributed by atoms with van der Waals surface area (Å²) in [6.07, 6.45) is 3.30. The zero-order valence-corrected chi connectivity index (χ0v) is 19.9. The molecule has 2 aliphatic heterocycles. The number of benzene rings is 3. The van der Waals surface area contributed by atoms with Gasteiger partial charge in [0.05, 0.1) is 17.9 Å². The monoisotopic (exact) mass is 467 g/mol. The van der Waals surface area contributed by atoms with E-state index in [1.165, 1.54) is 23.4 Å². The number of hydrogen-bond donors (Lipinski definition) is 1. The molecule has 2 aliphatic rings. The van der Waals surface area contributed by atoms with Gasteiger partial charge in [-0.2, -0.15) is 0 Å². The van der Waals surface area contributed by atoms with Crippen molar-refractivity contribution in [3.8, 4) is 5.75 Å². The number of rotatable bonds is 8. The minimum Gasteiger partial charge on any atom is -0.494 e. The van der Waals surface area contributed by atoms with Crippen LogP contribution < -0.4 is 19.9 Å². The van der Waals surface area contributed by atoms with Crippen molar-refractivity contribution in [3.63, 3.8) is 0 Å². The molecule has 3 aromatic rings. The van der Waals surface area contributed by atoms with Gasteiger partial charge >= 0.3 is 0 Å². The van der Waals surface area contributed by atoms with Crippen LogP contribution in [0.5, 0.6) is 5.75 Å². The van der Waals surface area contributed by atoms with Crippen molar-refractivity contribution in [1.29, 1.82) is 0 Å². The second-order valence-corrected chi connectivity index (χ2v) is 8.77. The summed E-state index contributed by atoms with van der Waals surface area (Å²) in [5.74, 6) is -0.111. The summed E-state index contributed by atoms with van der Waals surface area (Å²) >= 11 is 0. The van der Waals surface area contributed by atoms with Gasteiger partial charge in [0.1, 0.15) is 11.4 Å². The zero-order chi connectivity index (χ0) is 24.2. The van der Waals surface area contributed by atoms with E-state index in [1.807, 2.05) is 55.5 Å². The molecular weight excluding hydrogens is 438 g/mol. The van der Waals surface area contributed by atoms with E-state index in [9.17, 15) is 9.59 Å². The Morgan fingerprint density at radius 2 is 1.57 bits per heavy atom. The van der Waals surface area contributed by atoms with Crippen molar-refractivity contribution in [2.45, 2.75) is 26.2 Å². The van der Waals surface area contributed by atoms with E-state index in [-0.39, 0.29) is 17.5 Å². The molecule has 2 heterocycles. The van der Waals surface area contributed by atoms with Gasteiger partial charge in [0.25, 0.3) is 11.8 Å². The third-order valence-electron chi connectivity index (χ3n) is 6.30. The number of amides is 2. The molecule has 2 amide bonds. The number of carbonyl (C=O) groups excluding carboxylic acids is 2. The molecule has 6 heteroatoms. The molecular formula is C29H29N3O3. The quantitative estimate of drug-likeness (QED) is 0.445. The maximum Gasteiger partial charge on any atom is 0.282 e. The first-order chi connectivity index (χ1) is 17.2. The van der Waals surface area contributed by atoms with E-state index < -0.39 is 0 Å². The summed E-state index contributed by atoms with van der Waals surface area (Å²) in [6.45, 7) is 4.74. The van der Waals surface area contributed by atoms with Gasteiger partial charge < -0.3 is 15.0 Å². The molecule has 1 fully saturated rings. The third-order valence-corrected chi connectivity index (χ3v) is 6.30. The van der Waals surface area contributed by atoms with Crippen LogP contribution in [0.1, 0.15) is 31.7 Å². The molecule has 0 saturated carbocycles. The lowest BCUT2D eigenvalue weighted by atomic mass is 10.0. The molecule has 0 radical (unpaired) electrons. The standard InChI is InChI=1S/C29H29N3O3/c1-2-19-35-25-12-8-11-24(20-25)32-28(33)26(21-9-4-3-5-10-21)27(29(32)34)30-22-13-15-23(16-14-22)31-17-6-7-18-31/h3-5,8-16,20,30H,2,6-7,17-19H2,1H3. The van der Waals surface area contributed by atoms with Gasteiger partial charge in [-0.3, -0.25) is 9.59 Å². The fourth-order valence-electron chi connectivity index (χ4n) is 4.56. The van der Waals surface area contributed by atoms with E-state index in [1.54, 1.807) is 18.2 Å². The predicted molar refractivity (Wildman–Crippen MR) is 140 cm³/mol. The Balaban J connectivity index is 1.48. The Morgan fingerprint density at radius 1 is 0.829 bits per heavy atom. The molecule has 1 saturated heterocycles. The molecule has 1 N–H and O–H groups in total. The molecule has 5 rings (SSSR count). The molecule has 0 spiro atoms. The van der Waals surface area contributed by atoms with Gasteiger partial charge in [-0.1, -0.05) is 43.3 Å². The highest BCUT2D eigenvalue weighted by Gasteiger charge is 2.40. The predicted octanol–water partition coefficient (Wildman–Crippen LogP) is 5.47. The Labute approximate surface area is 205 Å². The van der Waals surface area contributed by atoms with Crippen LogP contribution in [-0.2, 0) is 9.59 Å². The Kier molecular flexibility index (Phi) is 6.53. The summed E-state index contributed by atoms with van der Waals surface area (Å²) in [7, 11) is 0. The van der Waals surface area contributed by atoms with Crippen molar-refractivity contribution in [2.24, 2.45) is 0 Å². The van der Waals surface area contributed by atoms with Crippen LogP contribution in [0.4, 0.5) is 17.1 Å². The fraction of sp³-hybridized carbons (Fsp3) is 0.241.